The van der Waals surface area contributed by atoms with Gasteiger partial charge in [-0.2, -0.15) is 0 Å². The minimum absolute atomic E-state index is 0.0878. The van der Waals surface area contributed by atoms with E-state index in [0.29, 0.717) is 28.5 Å². The summed E-state index contributed by atoms with van der Waals surface area (Å²) in [7, 11) is 0. The maximum atomic E-state index is 12.3. The van der Waals surface area contributed by atoms with Gasteiger partial charge in [-0.1, -0.05) is 11.6 Å². The summed E-state index contributed by atoms with van der Waals surface area (Å²) in [5.74, 6) is 0.137. The van der Waals surface area contributed by atoms with Gasteiger partial charge in [0.2, 0.25) is 0 Å². The van der Waals surface area contributed by atoms with Crippen molar-refractivity contribution in [3.8, 4) is 5.75 Å². The lowest BCUT2D eigenvalue weighted by molar-refractivity contribution is -0.152. The zero-order valence-corrected chi connectivity index (χ0v) is 14.7. The van der Waals surface area contributed by atoms with Crippen molar-refractivity contribution in [2.75, 3.05) is 0 Å². The van der Waals surface area contributed by atoms with Gasteiger partial charge in [0.1, 0.15) is 18.0 Å². The quantitative estimate of drug-likeness (QED) is 0.663. The molecule has 1 aromatic carbocycles. The molecule has 1 aliphatic heterocycles. The second-order valence-corrected chi connectivity index (χ2v) is 6.62. The summed E-state index contributed by atoms with van der Waals surface area (Å²) in [5, 5.41) is 0.595. The Morgan fingerprint density at radius 1 is 1.35 bits per heavy atom. The van der Waals surface area contributed by atoms with Crippen molar-refractivity contribution >= 4 is 23.2 Å². The Hall–Kier alpha value is -2.86. The lowest BCUT2D eigenvalue weighted by Crippen LogP contribution is -2.27. The second kappa shape index (κ2) is 6.46. The van der Waals surface area contributed by atoms with Crippen LogP contribution >= 0.6 is 11.6 Å². The molecule has 0 spiro atoms. The highest BCUT2D eigenvalue weighted by Crippen LogP contribution is 2.31. The number of rotatable bonds is 3. The van der Waals surface area contributed by atoms with Crippen molar-refractivity contribution in [2.24, 2.45) is 0 Å². The van der Waals surface area contributed by atoms with Gasteiger partial charge < -0.3 is 9.47 Å². The number of carbonyl (C=O) groups excluding carboxylic acids is 1. The van der Waals surface area contributed by atoms with Gasteiger partial charge in [0.25, 0.3) is 5.56 Å². The minimum Gasteiger partial charge on any atom is -0.478 e. The molecule has 0 N–H and O–H groups in total. The third kappa shape index (κ3) is 3.15. The molecule has 0 saturated carbocycles. The fourth-order valence-corrected chi connectivity index (χ4v) is 3.11. The molecule has 2 aromatic heterocycles. The van der Waals surface area contributed by atoms with E-state index >= 15 is 0 Å². The van der Waals surface area contributed by atoms with Crippen LogP contribution in [0, 0.1) is 6.92 Å². The highest BCUT2D eigenvalue weighted by molar-refractivity contribution is 6.30. The fraction of sp³-hybridized carbons (Fsp3) is 0.211. The summed E-state index contributed by atoms with van der Waals surface area (Å²) in [6.07, 6.45) is 1.36. The number of halogens is 1. The summed E-state index contributed by atoms with van der Waals surface area (Å²) in [5.41, 5.74) is 2.55. The number of ether oxygens (including phenoxy) is 2. The van der Waals surface area contributed by atoms with Gasteiger partial charge in [-0.25, -0.2) is 9.78 Å². The maximum absolute atomic E-state index is 12.3. The first-order valence-electron chi connectivity index (χ1n) is 8.10. The van der Waals surface area contributed by atoms with Crippen molar-refractivity contribution in [3.63, 3.8) is 0 Å². The van der Waals surface area contributed by atoms with E-state index in [1.54, 1.807) is 30.5 Å². The average Bonchev–Trinajstić information content (AvgIpc) is 3.02. The lowest BCUT2D eigenvalue weighted by atomic mass is 10.1. The first-order valence-corrected chi connectivity index (χ1v) is 8.48. The average molecular weight is 371 g/mol. The van der Waals surface area contributed by atoms with Gasteiger partial charge in [-0.3, -0.25) is 9.20 Å². The molecule has 0 amide bonds. The number of fused-ring (bicyclic) bond motifs is 2. The van der Waals surface area contributed by atoms with Crippen LogP contribution < -0.4 is 10.3 Å². The monoisotopic (exact) mass is 370 g/mol. The van der Waals surface area contributed by atoms with Crippen LogP contribution in [0.1, 0.15) is 16.8 Å². The second-order valence-electron chi connectivity index (χ2n) is 6.19. The summed E-state index contributed by atoms with van der Waals surface area (Å²) < 4.78 is 12.3. The van der Waals surface area contributed by atoms with Crippen molar-refractivity contribution < 1.29 is 14.3 Å². The van der Waals surface area contributed by atoms with Gasteiger partial charge in [-0.15, -0.1) is 0 Å². The highest BCUT2D eigenvalue weighted by Gasteiger charge is 2.30. The molecule has 0 fully saturated rings. The summed E-state index contributed by atoms with van der Waals surface area (Å²) >= 11 is 5.95. The molecule has 1 aliphatic rings. The number of hydrogen-bond acceptors (Lipinski definition) is 5. The number of esters is 1. The van der Waals surface area contributed by atoms with E-state index in [-0.39, 0.29) is 12.2 Å². The molecule has 7 heteroatoms. The number of benzene rings is 1. The Kier molecular flexibility index (Phi) is 4.12. The van der Waals surface area contributed by atoms with Crippen molar-refractivity contribution in [1.82, 2.24) is 9.38 Å². The molecular weight excluding hydrogens is 356 g/mol. The van der Waals surface area contributed by atoms with Crippen LogP contribution in [0.25, 0.3) is 5.65 Å². The summed E-state index contributed by atoms with van der Waals surface area (Å²) in [6.45, 7) is 1.83. The molecule has 4 rings (SSSR count). The molecule has 0 bridgehead atoms. The zero-order valence-electron chi connectivity index (χ0n) is 13.9. The maximum Gasteiger partial charge on any atom is 0.348 e. The van der Waals surface area contributed by atoms with Crippen LogP contribution in [0.15, 0.2) is 47.4 Å². The van der Waals surface area contributed by atoms with Crippen molar-refractivity contribution in [3.05, 3.63) is 74.8 Å². The number of nitrogens with zero attached hydrogens (tertiary/aromatic N) is 2. The number of carbonyl (C=O) groups is 1. The number of hydrogen-bond donors (Lipinski definition) is 0. The van der Waals surface area contributed by atoms with E-state index in [1.165, 1.54) is 10.5 Å². The van der Waals surface area contributed by atoms with Crippen molar-refractivity contribution in [1.29, 1.82) is 0 Å². The third-order valence-corrected chi connectivity index (χ3v) is 4.43. The lowest BCUT2D eigenvalue weighted by Gasteiger charge is -2.11. The molecule has 3 aromatic rings. The predicted molar refractivity (Wildman–Crippen MR) is 95.6 cm³/mol. The molecule has 0 radical (unpaired) electrons. The number of aromatic nitrogens is 2. The third-order valence-electron chi connectivity index (χ3n) is 4.20. The van der Waals surface area contributed by atoms with Crippen LogP contribution in [0.2, 0.25) is 5.02 Å². The molecule has 26 heavy (non-hydrogen) atoms. The normalized spacial score (nSPS) is 15.5. The van der Waals surface area contributed by atoms with Gasteiger partial charge in [-0.05, 0) is 48.4 Å². The largest absolute Gasteiger partial charge is 0.478 e. The minimum atomic E-state index is -0.715. The Bertz CT molecular complexity index is 1080. The molecule has 132 valence electrons. The summed E-state index contributed by atoms with van der Waals surface area (Å²) in [4.78, 5) is 28.8. The molecule has 3 heterocycles. The van der Waals surface area contributed by atoms with Gasteiger partial charge in [0.15, 0.2) is 6.10 Å². The van der Waals surface area contributed by atoms with E-state index in [9.17, 15) is 9.59 Å². The van der Waals surface area contributed by atoms with Gasteiger partial charge in [0, 0.05) is 23.7 Å². The van der Waals surface area contributed by atoms with Crippen LogP contribution in [-0.2, 0) is 22.6 Å². The Morgan fingerprint density at radius 2 is 2.19 bits per heavy atom. The predicted octanol–water partition coefficient (Wildman–Crippen LogP) is 2.70. The molecule has 0 aliphatic carbocycles. The van der Waals surface area contributed by atoms with E-state index in [2.05, 4.69) is 4.98 Å². The van der Waals surface area contributed by atoms with E-state index < -0.39 is 12.1 Å². The number of pyridine rings is 1. The Morgan fingerprint density at radius 3 is 3.04 bits per heavy atom. The van der Waals surface area contributed by atoms with Crippen LogP contribution in [0.3, 0.4) is 0 Å². The smallest absolute Gasteiger partial charge is 0.348 e. The SMILES string of the molecule is Cc1ccn2c(=O)cc(COC(=O)C3Cc4cc(Cl)ccc4O3)nc2c1. The molecular formula is C19H15ClN2O4. The van der Waals surface area contributed by atoms with Crippen LogP contribution in [-0.4, -0.2) is 21.5 Å². The molecule has 0 saturated heterocycles. The summed E-state index contributed by atoms with van der Waals surface area (Å²) in [6, 6.07) is 10.2. The fourth-order valence-electron chi connectivity index (χ4n) is 2.91. The number of aryl methyl sites for hydroxylation is 1. The highest BCUT2D eigenvalue weighted by atomic mass is 35.5. The molecule has 1 unspecified atom stereocenters. The molecule has 1 atom stereocenters. The van der Waals surface area contributed by atoms with E-state index in [0.717, 1.165) is 11.1 Å². The van der Waals surface area contributed by atoms with Gasteiger partial charge >= 0.3 is 5.97 Å². The zero-order chi connectivity index (χ0) is 18.3. The van der Waals surface area contributed by atoms with Crippen LogP contribution in [0.4, 0.5) is 0 Å². The van der Waals surface area contributed by atoms with Crippen LogP contribution in [0.5, 0.6) is 5.75 Å². The van der Waals surface area contributed by atoms with E-state index in [1.807, 2.05) is 13.0 Å². The topological polar surface area (TPSA) is 69.9 Å². The standard InChI is InChI=1S/C19H15ClN2O4/c1-11-4-5-22-17(6-11)21-14(9-18(22)23)10-25-19(24)16-8-12-7-13(20)2-3-15(12)26-16/h2-7,9,16H,8,10H2,1H3. The van der Waals surface area contributed by atoms with Gasteiger partial charge in [0.05, 0.1) is 5.69 Å². The molecule has 6 nitrogen and oxygen atoms in total. The van der Waals surface area contributed by atoms with E-state index in [4.69, 9.17) is 21.1 Å². The Balaban J connectivity index is 1.47. The van der Waals surface area contributed by atoms with Crippen molar-refractivity contribution in [2.45, 2.75) is 26.1 Å². The first kappa shape index (κ1) is 16.6. The first-order chi connectivity index (χ1) is 12.5. The Labute approximate surface area is 154 Å².